The zero-order chi connectivity index (χ0) is 17.1. The largest absolute Gasteiger partial charge is 0.293 e. The Morgan fingerprint density at radius 3 is 2.92 bits per heavy atom. The van der Waals surface area contributed by atoms with Crippen molar-refractivity contribution in [2.24, 2.45) is 0 Å². The van der Waals surface area contributed by atoms with Gasteiger partial charge in [0.1, 0.15) is 0 Å². The first-order valence-corrected chi connectivity index (χ1v) is 7.67. The number of nitrogens with zero attached hydrogens (tertiary/aromatic N) is 4. The molecule has 1 aromatic carbocycles. The fourth-order valence-corrected chi connectivity index (χ4v) is 2.50. The molecule has 3 rings (SSSR count). The number of carbonyl (C=O) groups is 1. The number of hydrogen-bond donors (Lipinski definition) is 1. The molecule has 6 nitrogen and oxygen atoms in total. The highest BCUT2D eigenvalue weighted by atomic mass is 16.1. The Morgan fingerprint density at radius 1 is 1.29 bits per heavy atom. The number of aromatic nitrogens is 3. The van der Waals surface area contributed by atoms with Crippen LogP contribution in [0.4, 0.5) is 5.95 Å². The molecule has 2 heterocycles. The number of fused-ring (bicyclic) bond motifs is 1. The van der Waals surface area contributed by atoms with Crippen molar-refractivity contribution in [2.75, 3.05) is 5.32 Å². The Balaban J connectivity index is 1.90. The Hall–Kier alpha value is -3.20. The third-order valence-corrected chi connectivity index (χ3v) is 3.75. The molecular weight excluding hydrogens is 302 g/mol. The lowest BCUT2D eigenvalue weighted by Crippen LogP contribution is -2.12. The van der Waals surface area contributed by atoms with Crippen molar-refractivity contribution < 1.29 is 4.79 Å². The number of carbonyl (C=O) groups excluding carboxylic acids is 1. The number of pyridine rings is 1. The molecule has 120 valence electrons. The molecule has 0 unspecified atom stereocenters. The second kappa shape index (κ2) is 6.50. The molecule has 0 spiro atoms. The van der Waals surface area contributed by atoms with E-state index in [2.05, 4.69) is 47.4 Å². The molecule has 24 heavy (non-hydrogen) atoms. The van der Waals surface area contributed by atoms with Crippen LogP contribution in [0.1, 0.15) is 24.0 Å². The van der Waals surface area contributed by atoms with E-state index in [0.717, 1.165) is 11.1 Å². The van der Waals surface area contributed by atoms with Gasteiger partial charge in [-0.3, -0.25) is 10.1 Å². The van der Waals surface area contributed by atoms with Crippen LogP contribution in [0.2, 0.25) is 0 Å². The number of anilines is 1. The lowest BCUT2D eigenvalue weighted by Gasteiger charge is -2.07. The number of aryl methyl sites for hydroxylation is 2. The summed E-state index contributed by atoms with van der Waals surface area (Å²) in [6.45, 7) is 4.13. The van der Waals surface area contributed by atoms with Gasteiger partial charge in [-0.2, -0.15) is 10.2 Å². The quantitative estimate of drug-likeness (QED) is 0.800. The summed E-state index contributed by atoms with van der Waals surface area (Å²) in [7, 11) is 0. The topological polar surface area (TPSA) is 83.1 Å². The average Bonchev–Trinajstić information content (AvgIpc) is 2.96. The van der Waals surface area contributed by atoms with Crippen LogP contribution in [-0.4, -0.2) is 20.5 Å². The predicted octanol–water partition coefficient (Wildman–Crippen LogP) is 3.26. The van der Waals surface area contributed by atoms with Crippen LogP contribution in [0.5, 0.6) is 0 Å². The van der Waals surface area contributed by atoms with Gasteiger partial charge >= 0.3 is 0 Å². The summed E-state index contributed by atoms with van der Waals surface area (Å²) in [6.07, 6.45) is 2.21. The molecule has 0 aliphatic carbocycles. The molecule has 3 aromatic rings. The third-order valence-electron chi connectivity index (χ3n) is 3.75. The highest BCUT2D eigenvalue weighted by molar-refractivity contribution is 5.89. The molecule has 0 saturated heterocycles. The van der Waals surface area contributed by atoms with Gasteiger partial charge in [0.2, 0.25) is 11.9 Å². The number of rotatable bonds is 4. The van der Waals surface area contributed by atoms with Crippen LogP contribution in [0.15, 0.2) is 36.5 Å². The molecule has 6 heteroatoms. The molecule has 0 aliphatic heterocycles. The van der Waals surface area contributed by atoms with E-state index in [1.54, 1.807) is 4.52 Å². The van der Waals surface area contributed by atoms with E-state index in [9.17, 15) is 4.79 Å². The first-order valence-electron chi connectivity index (χ1n) is 7.67. The number of amides is 1. The normalized spacial score (nSPS) is 10.5. The maximum Gasteiger partial charge on any atom is 0.249 e. The average molecular weight is 319 g/mol. The summed E-state index contributed by atoms with van der Waals surface area (Å²) in [4.78, 5) is 15.9. The predicted molar refractivity (Wildman–Crippen MR) is 91.4 cm³/mol. The van der Waals surface area contributed by atoms with Crippen LogP contribution in [0, 0.1) is 25.2 Å². The van der Waals surface area contributed by atoms with E-state index in [-0.39, 0.29) is 24.7 Å². The van der Waals surface area contributed by atoms with Gasteiger partial charge < -0.3 is 0 Å². The van der Waals surface area contributed by atoms with Gasteiger partial charge in [0.05, 0.1) is 6.07 Å². The van der Waals surface area contributed by atoms with Crippen molar-refractivity contribution in [3.05, 3.63) is 47.7 Å². The molecule has 1 N–H and O–H groups in total. The standard InChI is InChI=1S/C18H17N5O/c1-12-5-6-13(2)15(10-12)14-7-8-16-20-18(22-23(16)11-14)21-17(24)4-3-9-19/h5-8,10-11H,3-4H2,1-2H3,(H,21,22,24). The fourth-order valence-electron chi connectivity index (χ4n) is 2.50. The van der Waals surface area contributed by atoms with Gasteiger partial charge in [-0.05, 0) is 37.1 Å². The molecule has 0 aliphatic rings. The van der Waals surface area contributed by atoms with E-state index >= 15 is 0 Å². The highest BCUT2D eigenvalue weighted by Gasteiger charge is 2.09. The van der Waals surface area contributed by atoms with Crippen LogP contribution < -0.4 is 5.32 Å². The van der Waals surface area contributed by atoms with Gasteiger partial charge in [0, 0.05) is 24.6 Å². The van der Waals surface area contributed by atoms with Crippen molar-refractivity contribution in [2.45, 2.75) is 26.7 Å². The summed E-state index contributed by atoms with van der Waals surface area (Å²) in [6, 6.07) is 12.1. The van der Waals surface area contributed by atoms with Crippen molar-refractivity contribution in [3.63, 3.8) is 0 Å². The number of benzene rings is 1. The van der Waals surface area contributed by atoms with Crippen molar-refractivity contribution >= 4 is 17.5 Å². The van der Waals surface area contributed by atoms with Gasteiger partial charge in [0.25, 0.3) is 0 Å². The van der Waals surface area contributed by atoms with E-state index in [0.29, 0.717) is 5.65 Å². The van der Waals surface area contributed by atoms with Gasteiger partial charge in [-0.25, -0.2) is 4.52 Å². The molecule has 0 radical (unpaired) electrons. The van der Waals surface area contributed by atoms with Crippen molar-refractivity contribution in [1.29, 1.82) is 5.26 Å². The fraction of sp³-hybridized carbons (Fsp3) is 0.222. The number of nitriles is 1. The molecule has 2 aromatic heterocycles. The van der Waals surface area contributed by atoms with Crippen LogP contribution in [0.25, 0.3) is 16.8 Å². The Labute approximate surface area is 139 Å². The molecular formula is C18H17N5O. The van der Waals surface area contributed by atoms with Crippen LogP contribution >= 0.6 is 0 Å². The van der Waals surface area contributed by atoms with E-state index < -0.39 is 0 Å². The Bertz CT molecular complexity index is 952. The highest BCUT2D eigenvalue weighted by Crippen LogP contribution is 2.25. The van der Waals surface area contributed by atoms with Crippen LogP contribution in [0.3, 0.4) is 0 Å². The maximum atomic E-state index is 11.7. The monoisotopic (exact) mass is 319 g/mol. The molecule has 0 bridgehead atoms. The summed E-state index contributed by atoms with van der Waals surface area (Å²) in [5.41, 5.74) is 5.22. The summed E-state index contributed by atoms with van der Waals surface area (Å²) >= 11 is 0. The van der Waals surface area contributed by atoms with Crippen LogP contribution in [-0.2, 0) is 4.79 Å². The van der Waals surface area contributed by atoms with Crippen molar-refractivity contribution in [3.8, 4) is 17.2 Å². The zero-order valence-corrected chi connectivity index (χ0v) is 13.6. The molecule has 1 amide bonds. The number of nitrogens with one attached hydrogen (secondary N) is 1. The van der Waals surface area contributed by atoms with E-state index in [1.807, 2.05) is 24.4 Å². The lowest BCUT2D eigenvalue weighted by molar-refractivity contribution is -0.116. The maximum absolute atomic E-state index is 11.7. The minimum atomic E-state index is -0.262. The second-order valence-corrected chi connectivity index (χ2v) is 5.68. The lowest BCUT2D eigenvalue weighted by atomic mass is 10.00. The first-order chi connectivity index (χ1) is 11.6. The summed E-state index contributed by atoms with van der Waals surface area (Å²) < 4.78 is 1.65. The molecule has 0 fully saturated rings. The third kappa shape index (κ3) is 3.25. The smallest absolute Gasteiger partial charge is 0.249 e. The minimum Gasteiger partial charge on any atom is -0.293 e. The van der Waals surface area contributed by atoms with E-state index in [4.69, 9.17) is 5.26 Å². The minimum absolute atomic E-state index is 0.139. The van der Waals surface area contributed by atoms with Gasteiger partial charge in [-0.15, -0.1) is 5.10 Å². The zero-order valence-electron chi connectivity index (χ0n) is 13.6. The van der Waals surface area contributed by atoms with Crippen molar-refractivity contribution in [1.82, 2.24) is 14.6 Å². The van der Waals surface area contributed by atoms with E-state index in [1.165, 1.54) is 11.1 Å². The SMILES string of the molecule is Cc1ccc(C)c(-c2ccc3nc(NC(=O)CCC#N)nn3c2)c1. The Kier molecular flexibility index (Phi) is 4.25. The molecule has 0 saturated carbocycles. The molecule has 0 atom stereocenters. The number of hydrogen-bond acceptors (Lipinski definition) is 4. The second-order valence-electron chi connectivity index (χ2n) is 5.68. The first kappa shape index (κ1) is 15.7. The van der Waals surface area contributed by atoms with Gasteiger partial charge in [0.15, 0.2) is 5.65 Å². The summed E-state index contributed by atoms with van der Waals surface area (Å²) in [5.74, 6) is -0.0155. The van der Waals surface area contributed by atoms with Gasteiger partial charge in [-0.1, -0.05) is 23.8 Å². The summed E-state index contributed by atoms with van der Waals surface area (Å²) in [5, 5.41) is 15.4. The Morgan fingerprint density at radius 2 is 2.12 bits per heavy atom.